The summed E-state index contributed by atoms with van der Waals surface area (Å²) in [4.78, 5) is 15.8. The molecular formula is C14H23N3O9. The second-order valence-electron chi connectivity index (χ2n) is 6.12. The molecule has 0 bridgehead atoms. The van der Waals surface area contributed by atoms with Gasteiger partial charge in [-0.1, -0.05) is 0 Å². The number of ether oxygens (including phenoxy) is 1. The summed E-state index contributed by atoms with van der Waals surface area (Å²) < 4.78 is 13.4. The predicted molar refractivity (Wildman–Crippen MR) is 84.6 cm³/mol. The lowest BCUT2D eigenvalue weighted by Gasteiger charge is -2.45. The minimum atomic E-state index is -2.79. The Hall–Kier alpha value is -1.64. The van der Waals surface area contributed by atoms with Gasteiger partial charge in [0.15, 0.2) is 0 Å². The van der Waals surface area contributed by atoms with Crippen LogP contribution in [0.25, 0.3) is 0 Å². The second-order valence-corrected chi connectivity index (χ2v) is 6.12. The molecule has 148 valence electrons. The zero-order valence-electron chi connectivity index (χ0n) is 14.6. The van der Waals surface area contributed by atoms with Gasteiger partial charge >= 0.3 is 5.69 Å². The van der Waals surface area contributed by atoms with E-state index in [1.165, 1.54) is 0 Å². The van der Waals surface area contributed by atoms with E-state index in [0.717, 1.165) is 12.3 Å². The average molecular weight is 378 g/mol. The number of nitrogen functional groups attached to an aromatic ring is 1. The largest absolute Gasteiger partial charge is 0.394 e. The molecule has 7 atom stereocenters. The number of nitrogens with two attached hydrogens (primary N) is 1. The molecule has 1 unspecified atom stereocenters. The van der Waals surface area contributed by atoms with Gasteiger partial charge < -0.3 is 46.2 Å². The van der Waals surface area contributed by atoms with E-state index in [0.29, 0.717) is 4.57 Å². The SMILES string of the molecule is [2H]C[C@](O)(C(O)[C@@]1(n2ccc(N)nc2=O)O[C@H](CO)[C@@H](O)[C@H]1O)[C@H](O)CO. The Morgan fingerprint density at radius 1 is 1.50 bits per heavy atom. The van der Waals surface area contributed by atoms with Gasteiger partial charge in [-0.3, -0.25) is 4.57 Å². The molecule has 9 N–H and O–H groups in total. The molecule has 2 rings (SSSR count). The summed E-state index contributed by atoms with van der Waals surface area (Å²) in [5, 5.41) is 70.6. The van der Waals surface area contributed by atoms with Crippen molar-refractivity contribution in [1.29, 1.82) is 0 Å². The Morgan fingerprint density at radius 2 is 2.15 bits per heavy atom. The first-order chi connectivity index (χ1) is 12.6. The van der Waals surface area contributed by atoms with Gasteiger partial charge in [-0.15, -0.1) is 0 Å². The van der Waals surface area contributed by atoms with Gasteiger partial charge in [0.25, 0.3) is 0 Å². The minimum absolute atomic E-state index is 0.209. The lowest BCUT2D eigenvalue weighted by atomic mass is 9.82. The fourth-order valence-corrected chi connectivity index (χ4v) is 2.91. The van der Waals surface area contributed by atoms with Crippen LogP contribution in [0.2, 0.25) is 0 Å². The summed E-state index contributed by atoms with van der Waals surface area (Å²) in [6, 6.07) is 1.10. The molecule has 1 aromatic heterocycles. The van der Waals surface area contributed by atoms with Crippen LogP contribution in [0.4, 0.5) is 5.82 Å². The van der Waals surface area contributed by atoms with Crippen LogP contribution < -0.4 is 11.4 Å². The maximum Gasteiger partial charge on any atom is 0.352 e. The van der Waals surface area contributed by atoms with Crippen LogP contribution in [0.15, 0.2) is 17.1 Å². The lowest BCUT2D eigenvalue weighted by molar-refractivity contribution is -0.271. The standard InChI is InChI=1S/C14H23N3O9/c1-13(25,7(20)5-19)11(23)14(10(22)9(21)6(4-18)26-14)17-3-2-8(15)16-12(17)24/h2-3,6-7,9-11,18-23,25H,4-5H2,1H3,(H2,15,16,24)/t6-,7-,9-,10-,11?,13-,14+/m1/s1/i1D. The normalized spacial score (nSPS) is 34.1. The van der Waals surface area contributed by atoms with Gasteiger partial charge in [0.1, 0.15) is 41.9 Å². The van der Waals surface area contributed by atoms with E-state index in [4.69, 9.17) is 16.9 Å². The number of hydrogen-bond donors (Lipinski definition) is 8. The van der Waals surface area contributed by atoms with Gasteiger partial charge in [0.05, 0.1) is 13.2 Å². The van der Waals surface area contributed by atoms with Crippen molar-refractivity contribution in [1.82, 2.24) is 9.55 Å². The molecule has 1 saturated heterocycles. The Bertz CT molecular complexity index is 721. The fourth-order valence-electron chi connectivity index (χ4n) is 2.91. The summed E-state index contributed by atoms with van der Waals surface area (Å²) in [6.07, 6.45) is -8.93. The number of nitrogens with zero attached hydrogens (tertiary/aromatic N) is 2. The first-order valence-corrected chi connectivity index (χ1v) is 7.59. The van der Waals surface area contributed by atoms with Crippen LogP contribution in [0.5, 0.6) is 0 Å². The highest BCUT2D eigenvalue weighted by Gasteiger charge is 2.64. The van der Waals surface area contributed by atoms with E-state index >= 15 is 0 Å². The number of anilines is 1. The second kappa shape index (κ2) is 7.17. The number of hydrogen-bond acceptors (Lipinski definition) is 11. The first-order valence-electron chi connectivity index (χ1n) is 8.29. The highest BCUT2D eigenvalue weighted by molar-refractivity contribution is 5.24. The first kappa shape index (κ1) is 19.1. The molecule has 1 fully saturated rings. The Labute approximate surface area is 148 Å². The third kappa shape index (κ3) is 3.00. The summed E-state index contributed by atoms with van der Waals surface area (Å²) in [6.45, 7) is -2.98. The van der Waals surface area contributed by atoms with Crippen molar-refractivity contribution in [2.75, 3.05) is 18.9 Å². The van der Waals surface area contributed by atoms with Gasteiger partial charge in [0, 0.05) is 7.57 Å². The number of aliphatic hydroxyl groups is 7. The molecule has 26 heavy (non-hydrogen) atoms. The van der Waals surface area contributed by atoms with Crippen molar-refractivity contribution >= 4 is 5.82 Å². The fraction of sp³-hybridized carbons (Fsp3) is 0.714. The molecule has 0 amide bonds. The number of aliphatic hydroxyl groups excluding tert-OH is 6. The summed E-state index contributed by atoms with van der Waals surface area (Å²) in [5.41, 5.74) is -1.19. The predicted octanol–water partition coefficient (Wildman–Crippen LogP) is -4.94. The summed E-state index contributed by atoms with van der Waals surface area (Å²) in [5.74, 6) is -0.209. The highest BCUT2D eigenvalue weighted by atomic mass is 16.6. The molecule has 1 aliphatic heterocycles. The molecule has 0 aromatic carbocycles. The lowest BCUT2D eigenvalue weighted by Crippen LogP contribution is -2.67. The zero-order valence-corrected chi connectivity index (χ0v) is 13.6. The van der Waals surface area contributed by atoms with Crippen LogP contribution >= 0.6 is 0 Å². The monoisotopic (exact) mass is 378 g/mol. The Morgan fingerprint density at radius 3 is 2.62 bits per heavy atom. The van der Waals surface area contributed by atoms with Crippen molar-refractivity contribution < 1.29 is 41.9 Å². The number of aromatic nitrogens is 2. The van der Waals surface area contributed by atoms with E-state index < -0.39 is 67.6 Å². The number of rotatable bonds is 6. The van der Waals surface area contributed by atoms with Crippen molar-refractivity contribution in [3.05, 3.63) is 22.7 Å². The quantitative estimate of drug-likeness (QED) is 0.235. The molecule has 12 nitrogen and oxygen atoms in total. The maximum atomic E-state index is 12.3. The zero-order chi connectivity index (χ0) is 20.6. The third-order valence-electron chi connectivity index (χ3n) is 4.47. The van der Waals surface area contributed by atoms with E-state index in [2.05, 4.69) is 4.98 Å². The molecule has 1 aromatic rings. The van der Waals surface area contributed by atoms with E-state index in [9.17, 15) is 35.4 Å². The Balaban J connectivity index is 2.73. The van der Waals surface area contributed by atoms with Crippen LogP contribution in [0, 0.1) is 0 Å². The third-order valence-corrected chi connectivity index (χ3v) is 4.47. The van der Waals surface area contributed by atoms with Gasteiger partial charge in [-0.25, -0.2) is 4.79 Å². The molecule has 2 heterocycles. The molecular weight excluding hydrogens is 354 g/mol. The summed E-state index contributed by atoms with van der Waals surface area (Å²) in [7, 11) is 0. The van der Waals surface area contributed by atoms with E-state index in [-0.39, 0.29) is 5.82 Å². The van der Waals surface area contributed by atoms with Crippen molar-refractivity contribution in [2.24, 2.45) is 0 Å². The van der Waals surface area contributed by atoms with Gasteiger partial charge in [-0.05, 0) is 13.0 Å². The van der Waals surface area contributed by atoms with Gasteiger partial charge in [0.2, 0.25) is 5.72 Å². The summed E-state index contributed by atoms with van der Waals surface area (Å²) >= 11 is 0. The molecule has 1 aliphatic rings. The molecule has 0 spiro atoms. The van der Waals surface area contributed by atoms with E-state index in [1.54, 1.807) is 0 Å². The molecule has 12 heteroatoms. The molecule has 0 saturated carbocycles. The van der Waals surface area contributed by atoms with Crippen molar-refractivity contribution in [2.45, 2.75) is 48.7 Å². The van der Waals surface area contributed by atoms with Crippen molar-refractivity contribution in [3.8, 4) is 0 Å². The van der Waals surface area contributed by atoms with E-state index in [1.807, 2.05) is 0 Å². The van der Waals surface area contributed by atoms with Crippen LogP contribution in [0.3, 0.4) is 0 Å². The smallest absolute Gasteiger partial charge is 0.352 e. The van der Waals surface area contributed by atoms with Crippen LogP contribution in [0.1, 0.15) is 8.27 Å². The average Bonchev–Trinajstić information content (AvgIpc) is 2.91. The van der Waals surface area contributed by atoms with Gasteiger partial charge in [-0.2, -0.15) is 4.98 Å². The highest BCUT2D eigenvalue weighted by Crippen LogP contribution is 2.41. The topological polar surface area (TPSA) is 212 Å². The maximum absolute atomic E-state index is 12.3. The van der Waals surface area contributed by atoms with Crippen LogP contribution in [-0.4, -0.2) is 94.6 Å². The van der Waals surface area contributed by atoms with Crippen molar-refractivity contribution in [3.63, 3.8) is 0 Å². The van der Waals surface area contributed by atoms with Crippen LogP contribution in [-0.2, 0) is 10.5 Å². The molecule has 0 aliphatic carbocycles. The molecule has 0 radical (unpaired) electrons. The Kier molecular flexibility index (Phi) is 5.28. The minimum Gasteiger partial charge on any atom is -0.394 e.